The molecule has 0 aliphatic rings. The van der Waals surface area contributed by atoms with E-state index in [2.05, 4.69) is 5.32 Å². The Bertz CT molecular complexity index is 942. The van der Waals surface area contributed by atoms with E-state index in [1.165, 1.54) is 7.11 Å². The van der Waals surface area contributed by atoms with Crippen molar-refractivity contribution < 1.29 is 19.1 Å². The summed E-state index contributed by atoms with van der Waals surface area (Å²) >= 11 is 0. The van der Waals surface area contributed by atoms with Gasteiger partial charge in [0.15, 0.2) is 12.9 Å². The molecule has 0 radical (unpaired) electrons. The van der Waals surface area contributed by atoms with Gasteiger partial charge in [0.05, 0.1) is 18.7 Å². The van der Waals surface area contributed by atoms with Crippen LogP contribution < -0.4 is 14.8 Å². The van der Waals surface area contributed by atoms with E-state index in [0.717, 1.165) is 11.1 Å². The highest BCUT2D eigenvalue weighted by Gasteiger charge is 2.16. The standard InChI is InChI=1S/C24H23NO4/c1-28-21-12-13-23(20(15-21)16-26)29-17-24(27)25-22(19-10-6-3-7-11-19)14-18-8-4-2-5-9-18/h2-13,15-16,22H,14,17H2,1H3,(H,25,27)/t22-/m0/s1. The van der Waals surface area contributed by atoms with Crippen molar-refractivity contribution in [2.24, 2.45) is 0 Å². The van der Waals surface area contributed by atoms with Crippen LogP contribution in [0.2, 0.25) is 0 Å². The summed E-state index contributed by atoms with van der Waals surface area (Å²) in [5.74, 6) is 0.633. The van der Waals surface area contributed by atoms with E-state index in [4.69, 9.17) is 9.47 Å². The van der Waals surface area contributed by atoms with Crippen molar-refractivity contribution in [3.63, 3.8) is 0 Å². The minimum absolute atomic E-state index is 0.184. The lowest BCUT2D eigenvalue weighted by Gasteiger charge is -2.20. The van der Waals surface area contributed by atoms with E-state index in [1.807, 2.05) is 60.7 Å². The fraction of sp³-hybridized carbons (Fsp3) is 0.167. The van der Waals surface area contributed by atoms with Crippen LogP contribution in [0.3, 0.4) is 0 Å². The molecule has 0 heterocycles. The van der Waals surface area contributed by atoms with Gasteiger partial charge in [0.25, 0.3) is 5.91 Å². The molecule has 1 atom stereocenters. The predicted octanol–water partition coefficient (Wildman–Crippen LogP) is 3.99. The molecule has 0 spiro atoms. The minimum atomic E-state index is -0.262. The number of aldehydes is 1. The molecule has 148 valence electrons. The number of carbonyl (C=O) groups excluding carboxylic acids is 2. The summed E-state index contributed by atoms with van der Waals surface area (Å²) in [4.78, 5) is 23.8. The van der Waals surface area contributed by atoms with Crippen LogP contribution in [0.25, 0.3) is 0 Å². The average Bonchev–Trinajstić information content (AvgIpc) is 2.78. The quantitative estimate of drug-likeness (QED) is 0.562. The van der Waals surface area contributed by atoms with E-state index in [0.29, 0.717) is 29.8 Å². The van der Waals surface area contributed by atoms with Gasteiger partial charge in [0.1, 0.15) is 11.5 Å². The largest absolute Gasteiger partial charge is 0.497 e. The van der Waals surface area contributed by atoms with Crippen LogP contribution in [0, 0.1) is 0 Å². The van der Waals surface area contributed by atoms with E-state index in [9.17, 15) is 9.59 Å². The van der Waals surface area contributed by atoms with Crippen LogP contribution in [0.1, 0.15) is 27.5 Å². The lowest BCUT2D eigenvalue weighted by atomic mass is 9.99. The van der Waals surface area contributed by atoms with Gasteiger partial charge in [-0.3, -0.25) is 9.59 Å². The van der Waals surface area contributed by atoms with E-state index in [1.54, 1.807) is 18.2 Å². The topological polar surface area (TPSA) is 64.6 Å². The number of hydrogen-bond donors (Lipinski definition) is 1. The maximum Gasteiger partial charge on any atom is 0.258 e. The van der Waals surface area contributed by atoms with Gasteiger partial charge in [-0.1, -0.05) is 60.7 Å². The summed E-state index contributed by atoms with van der Waals surface area (Å²) in [5, 5.41) is 3.04. The van der Waals surface area contributed by atoms with E-state index >= 15 is 0 Å². The van der Waals surface area contributed by atoms with Crippen molar-refractivity contribution in [2.75, 3.05) is 13.7 Å². The van der Waals surface area contributed by atoms with Crippen molar-refractivity contribution in [3.05, 3.63) is 95.6 Å². The number of rotatable bonds is 9. The molecule has 0 aliphatic heterocycles. The third-order valence-electron chi connectivity index (χ3n) is 4.52. The molecule has 3 rings (SSSR count). The van der Waals surface area contributed by atoms with Crippen molar-refractivity contribution in [3.8, 4) is 11.5 Å². The second-order valence-corrected chi connectivity index (χ2v) is 6.53. The fourth-order valence-corrected chi connectivity index (χ4v) is 3.04. The Labute approximate surface area is 170 Å². The number of hydrogen-bond acceptors (Lipinski definition) is 4. The molecule has 5 heteroatoms. The number of nitrogens with one attached hydrogen (secondary N) is 1. The van der Waals surface area contributed by atoms with E-state index in [-0.39, 0.29) is 18.6 Å². The molecule has 3 aromatic carbocycles. The van der Waals surface area contributed by atoms with Crippen LogP contribution >= 0.6 is 0 Å². The van der Waals surface area contributed by atoms with Gasteiger partial charge in [-0.05, 0) is 35.7 Å². The molecular formula is C24H23NO4. The summed E-state index contributed by atoms with van der Waals surface area (Å²) in [6.45, 7) is -0.189. The Morgan fingerprint density at radius 2 is 1.69 bits per heavy atom. The van der Waals surface area contributed by atoms with Crippen molar-refractivity contribution in [1.82, 2.24) is 5.32 Å². The zero-order chi connectivity index (χ0) is 20.5. The first-order chi connectivity index (χ1) is 14.2. The molecule has 0 saturated heterocycles. The first-order valence-electron chi connectivity index (χ1n) is 9.34. The van der Waals surface area contributed by atoms with Gasteiger partial charge in [-0.25, -0.2) is 0 Å². The van der Waals surface area contributed by atoms with Gasteiger partial charge >= 0.3 is 0 Å². The lowest BCUT2D eigenvalue weighted by molar-refractivity contribution is -0.123. The zero-order valence-corrected chi connectivity index (χ0v) is 16.2. The molecule has 0 unspecified atom stereocenters. The van der Waals surface area contributed by atoms with Crippen LogP contribution in [0.15, 0.2) is 78.9 Å². The third-order valence-corrected chi connectivity index (χ3v) is 4.52. The predicted molar refractivity (Wildman–Crippen MR) is 111 cm³/mol. The maximum atomic E-state index is 12.6. The molecule has 0 bridgehead atoms. The molecule has 0 aromatic heterocycles. The van der Waals surface area contributed by atoms with E-state index < -0.39 is 0 Å². The molecular weight excluding hydrogens is 366 g/mol. The summed E-state index contributed by atoms with van der Waals surface area (Å²) in [6, 6.07) is 24.5. The number of methoxy groups -OCH3 is 1. The van der Waals surface area contributed by atoms with Gasteiger partial charge in [-0.15, -0.1) is 0 Å². The second-order valence-electron chi connectivity index (χ2n) is 6.53. The lowest BCUT2D eigenvalue weighted by Crippen LogP contribution is -2.33. The first kappa shape index (κ1) is 20.1. The molecule has 1 N–H and O–H groups in total. The summed E-state index contributed by atoms with van der Waals surface area (Å²) < 4.78 is 10.7. The molecule has 1 amide bonds. The normalized spacial score (nSPS) is 11.3. The average molecular weight is 389 g/mol. The third kappa shape index (κ3) is 5.69. The summed E-state index contributed by atoms with van der Waals surface area (Å²) in [6.07, 6.45) is 1.34. The molecule has 0 aliphatic carbocycles. The SMILES string of the molecule is COc1ccc(OCC(=O)N[C@@H](Cc2ccccc2)c2ccccc2)c(C=O)c1. The number of benzene rings is 3. The molecule has 0 fully saturated rings. The Balaban J connectivity index is 1.68. The Kier molecular flexibility index (Phi) is 7.00. The number of amides is 1. The Morgan fingerprint density at radius 3 is 2.34 bits per heavy atom. The van der Waals surface area contributed by atoms with Crippen LogP contribution in [0.5, 0.6) is 11.5 Å². The Morgan fingerprint density at radius 1 is 1.00 bits per heavy atom. The van der Waals surface area contributed by atoms with Gasteiger partial charge in [0.2, 0.25) is 0 Å². The van der Waals surface area contributed by atoms with Gasteiger partial charge < -0.3 is 14.8 Å². The van der Waals surface area contributed by atoms with Crippen LogP contribution in [-0.4, -0.2) is 25.9 Å². The molecule has 5 nitrogen and oxygen atoms in total. The highest BCUT2D eigenvalue weighted by Crippen LogP contribution is 2.23. The molecule has 0 saturated carbocycles. The highest BCUT2D eigenvalue weighted by atomic mass is 16.5. The van der Waals surface area contributed by atoms with Crippen LogP contribution in [0.4, 0.5) is 0 Å². The maximum absolute atomic E-state index is 12.6. The van der Waals surface area contributed by atoms with Crippen molar-refractivity contribution in [2.45, 2.75) is 12.5 Å². The monoisotopic (exact) mass is 389 g/mol. The molecule has 29 heavy (non-hydrogen) atoms. The van der Waals surface area contributed by atoms with Crippen LogP contribution in [-0.2, 0) is 11.2 Å². The second kappa shape index (κ2) is 10.1. The zero-order valence-electron chi connectivity index (χ0n) is 16.2. The van der Waals surface area contributed by atoms with Crippen molar-refractivity contribution in [1.29, 1.82) is 0 Å². The Hall–Kier alpha value is -3.60. The highest BCUT2D eigenvalue weighted by molar-refractivity contribution is 5.81. The smallest absolute Gasteiger partial charge is 0.258 e. The fourth-order valence-electron chi connectivity index (χ4n) is 3.04. The van der Waals surface area contributed by atoms with Crippen molar-refractivity contribution >= 4 is 12.2 Å². The minimum Gasteiger partial charge on any atom is -0.497 e. The summed E-state index contributed by atoms with van der Waals surface area (Å²) in [7, 11) is 1.52. The van der Waals surface area contributed by atoms with Gasteiger partial charge in [-0.2, -0.15) is 0 Å². The number of carbonyl (C=O) groups is 2. The van der Waals surface area contributed by atoms with Gasteiger partial charge in [0, 0.05) is 0 Å². The number of ether oxygens (including phenoxy) is 2. The molecule has 3 aromatic rings. The summed E-state index contributed by atoms with van der Waals surface area (Å²) in [5.41, 5.74) is 2.48. The first-order valence-corrected chi connectivity index (χ1v) is 9.34.